The van der Waals surface area contributed by atoms with Gasteiger partial charge in [0.05, 0.1) is 24.0 Å². The predicted molar refractivity (Wildman–Crippen MR) is 81.6 cm³/mol. The summed E-state index contributed by atoms with van der Waals surface area (Å²) in [6.45, 7) is 5.16. The Morgan fingerprint density at radius 1 is 1.52 bits per heavy atom. The monoisotopic (exact) mass is 301 g/mol. The molecule has 0 amide bonds. The standard InChI is InChI=1S/C15H19N5S/c1-11(2)14(17-7-12-3-6-21-9-12)13-8-20(19-18-13)15(10-16)4-5-15/h3,6,8-9,11,14,17H,4-5,7H2,1-2H3/t14-/m0/s1. The van der Waals surface area contributed by atoms with E-state index in [0.29, 0.717) is 5.92 Å². The van der Waals surface area contributed by atoms with Crippen LogP contribution in [0.1, 0.15) is 44.0 Å². The first kappa shape index (κ1) is 14.2. The van der Waals surface area contributed by atoms with Crippen molar-refractivity contribution < 1.29 is 0 Å². The third-order valence-corrected chi connectivity index (χ3v) is 4.70. The zero-order chi connectivity index (χ0) is 14.9. The molecule has 5 nitrogen and oxygen atoms in total. The molecule has 0 aromatic carbocycles. The van der Waals surface area contributed by atoms with Crippen molar-refractivity contribution in [3.8, 4) is 6.07 Å². The topological polar surface area (TPSA) is 66.5 Å². The molecule has 2 heterocycles. The van der Waals surface area contributed by atoms with E-state index in [-0.39, 0.29) is 6.04 Å². The van der Waals surface area contributed by atoms with Crippen LogP contribution in [0, 0.1) is 17.2 Å². The van der Waals surface area contributed by atoms with Gasteiger partial charge in [-0.1, -0.05) is 19.1 Å². The molecule has 1 atom stereocenters. The highest BCUT2D eigenvalue weighted by atomic mass is 32.1. The molecule has 2 aromatic rings. The van der Waals surface area contributed by atoms with Crippen LogP contribution >= 0.6 is 11.3 Å². The lowest BCUT2D eigenvalue weighted by Crippen LogP contribution is -2.25. The number of thiophene rings is 1. The minimum atomic E-state index is -0.430. The zero-order valence-electron chi connectivity index (χ0n) is 12.3. The van der Waals surface area contributed by atoms with Gasteiger partial charge in [0, 0.05) is 6.54 Å². The van der Waals surface area contributed by atoms with Gasteiger partial charge in [0.15, 0.2) is 5.54 Å². The Hall–Kier alpha value is -1.71. The molecule has 0 aliphatic heterocycles. The summed E-state index contributed by atoms with van der Waals surface area (Å²) in [5.41, 5.74) is 1.77. The smallest absolute Gasteiger partial charge is 0.150 e. The minimum absolute atomic E-state index is 0.146. The summed E-state index contributed by atoms with van der Waals surface area (Å²) in [6, 6.07) is 4.62. The van der Waals surface area contributed by atoms with Crippen LogP contribution in [0.3, 0.4) is 0 Å². The fourth-order valence-electron chi connectivity index (χ4n) is 2.44. The molecule has 0 saturated heterocycles. The van der Waals surface area contributed by atoms with Gasteiger partial charge in [-0.05, 0) is 41.1 Å². The third kappa shape index (κ3) is 2.85. The van der Waals surface area contributed by atoms with E-state index in [1.54, 1.807) is 16.0 Å². The van der Waals surface area contributed by atoms with Crippen molar-refractivity contribution >= 4 is 11.3 Å². The van der Waals surface area contributed by atoms with E-state index in [1.165, 1.54) is 5.56 Å². The van der Waals surface area contributed by atoms with Gasteiger partial charge >= 0.3 is 0 Å². The van der Waals surface area contributed by atoms with Crippen molar-refractivity contribution in [2.75, 3.05) is 0 Å². The molecule has 3 rings (SSSR count). The molecule has 1 aliphatic rings. The quantitative estimate of drug-likeness (QED) is 0.891. The Morgan fingerprint density at radius 2 is 2.33 bits per heavy atom. The summed E-state index contributed by atoms with van der Waals surface area (Å²) in [5.74, 6) is 0.408. The lowest BCUT2D eigenvalue weighted by Gasteiger charge is -2.19. The number of nitrogens with one attached hydrogen (secondary N) is 1. The highest BCUT2D eigenvalue weighted by molar-refractivity contribution is 7.07. The van der Waals surface area contributed by atoms with Gasteiger partial charge in [0.25, 0.3) is 0 Å². The molecule has 0 bridgehead atoms. The highest BCUT2D eigenvalue weighted by Gasteiger charge is 2.46. The van der Waals surface area contributed by atoms with Crippen molar-refractivity contribution in [2.24, 2.45) is 5.92 Å². The lowest BCUT2D eigenvalue weighted by molar-refractivity contribution is 0.402. The SMILES string of the molecule is CC(C)[C@H](NCc1ccsc1)c1cn(C2(C#N)CC2)nn1. The van der Waals surface area contributed by atoms with E-state index in [1.807, 2.05) is 6.20 Å². The molecular weight excluding hydrogens is 282 g/mol. The summed E-state index contributed by atoms with van der Waals surface area (Å²) in [4.78, 5) is 0. The molecule has 1 N–H and O–H groups in total. The minimum Gasteiger partial charge on any atom is -0.304 e. The molecule has 2 aromatic heterocycles. The molecule has 0 radical (unpaired) electrons. The van der Waals surface area contributed by atoms with Crippen molar-refractivity contribution in [3.05, 3.63) is 34.3 Å². The van der Waals surface area contributed by atoms with Gasteiger partial charge in [0.2, 0.25) is 0 Å². The van der Waals surface area contributed by atoms with Crippen LogP contribution in [-0.4, -0.2) is 15.0 Å². The first-order valence-electron chi connectivity index (χ1n) is 7.23. The summed E-state index contributed by atoms with van der Waals surface area (Å²) >= 11 is 1.71. The zero-order valence-corrected chi connectivity index (χ0v) is 13.1. The number of nitriles is 1. The fourth-order valence-corrected chi connectivity index (χ4v) is 3.11. The summed E-state index contributed by atoms with van der Waals surface area (Å²) in [5, 5.41) is 25.5. The van der Waals surface area contributed by atoms with Crippen LogP contribution in [0.5, 0.6) is 0 Å². The van der Waals surface area contributed by atoms with Crippen LogP contribution in [0.15, 0.2) is 23.0 Å². The van der Waals surface area contributed by atoms with Crippen LogP contribution in [0.25, 0.3) is 0 Å². The molecule has 6 heteroatoms. The lowest BCUT2D eigenvalue weighted by atomic mass is 10.0. The Morgan fingerprint density at radius 3 is 2.90 bits per heavy atom. The highest BCUT2D eigenvalue weighted by Crippen LogP contribution is 2.42. The fraction of sp³-hybridized carbons (Fsp3) is 0.533. The first-order chi connectivity index (χ1) is 10.1. The van der Waals surface area contributed by atoms with E-state index >= 15 is 0 Å². The number of hydrogen-bond acceptors (Lipinski definition) is 5. The van der Waals surface area contributed by atoms with Crippen LogP contribution in [0.2, 0.25) is 0 Å². The van der Waals surface area contributed by atoms with Crippen LogP contribution < -0.4 is 5.32 Å². The maximum absolute atomic E-state index is 9.24. The summed E-state index contributed by atoms with van der Waals surface area (Å²) < 4.78 is 1.74. The van der Waals surface area contributed by atoms with E-state index in [4.69, 9.17) is 0 Å². The Kier molecular flexibility index (Phi) is 3.79. The Bertz CT molecular complexity index is 633. The second-order valence-corrected chi connectivity index (χ2v) is 6.75. The summed E-state index contributed by atoms with van der Waals surface area (Å²) in [7, 11) is 0. The molecular formula is C15H19N5S. The van der Waals surface area contributed by atoms with E-state index in [2.05, 4.69) is 52.4 Å². The first-order valence-corrected chi connectivity index (χ1v) is 8.17. The Labute approximate surface area is 128 Å². The third-order valence-electron chi connectivity index (χ3n) is 3.97. The van der Waals surface area contributed by atoms with Gasteiger partial charge in [0.1, 0.15) is 0 Å². The van der Waals surface area contributed by atoms with Gasteiger partial charge in [-0.3, -0.25) is 0 Å². The van der Waals surface area contributed by atoms with Gasteiger partial charge in [-0.2, -0.15) is 16.6 Å². The molecule has 0 spiro atoms. The average Bonchev–Trinajstić information content (AvgIpc) is 2.90. The van der Waals surface area contributed by atoms with Crippen LogP contribution in [0.4, 0.5) is 0 Å². The molecule has 1 aliphatic carbocycles. The largest absolute Gasteiger partial charge is 0.304 e. The van der Waals surface area contributed by atoms with Crippen molar-refractivity contribution in [1.29, 1.82) is 5.26 Å². The second-order valence-electron chi connectivity index (χ2n) is 5.97. The molecule has 1 saturated carbocycles. The van der Waals surface area contributed by atoms with Gasteiger partial charge in [-0.15, -0.1) is 5.10 Å². The number of nitrogens with zero attached hydrogens (tertiary/aromatic N) is 4. The summed E-state index contributed by atoms with van der Waals surface area (Å²) in [6.07, 6.45) is 3.68. The molecule has 1 fully saturated rings. The maximum atomic E-state index is 9.24. The normalized spacial score (nSPS) is 17.6. The van der Waals surface area contributed by atoms with Crippen molar-refractivity contribution in [2.45, 2.75) is 44.8 Å². The predicted octanol–water partition coefficient (Wildman–Crippen LogP) is 2.84. The van der Waals surface area contributed by atoms with E-state index in [9.17, 15) is 5.26 Å². The average molecular weight is 301 g/mol. The number of hydrogen-bond donors (Lipinski definition) is 1. The van der Waals surface area contributed by atoms with E-state index in [0.717, 1.165) is 25.1 Å². The molecule has 21 heavy (non-hydrogen) atoms. The molecule has 0 unspecified atom stereocenters. The van der Waals surface area contributed by atoms with Crippen molar-refractivity contribution in [1.82, 2.24) is 20.3 Å². The maximum Gasteiger partial charge on any atom is 0.150 e. The van der Waals surface area contributed by atoms with Gasteiger partial charge in [-0.25, -0.2) is 4.68 Å². The van der Waals surface area contributed by atoms with Crippen molar-refractivity contribution in [3.63, 3.8) is 0 Å². The number of rotatable bonds is 6. The number of aromatic nitrogens is 3. The van der Waals surface area contributed by atoms with Crippen LogP contribution in [-0.2, 0) is 12.1 Å². The van der Waals surface area contributed by atoms with Gasteiger partial charge < -0.3 is 5.32 Å². The van der Waals surface area contributed by atoms with E-state index < -0.39 is 5.54 Å². The second kappa shape index (κ2) is 5.58. The Balaban J connectivity index is 1.74. The molecule has 110 valence electrons.